The van der Waals surface area contributed by atoms with E-state index >= 15 is 0 Å². The summed E-state index contributed by atoms with van der Waals surface area (Å²) in [6, 6.07) is 26.8. The zero-order chi connectivity index (χ0) is 35.4. The molecule has 0 aliphatic carbocycles. The Morgan fingerprint density at radius 1 is 0.918 bits per heavy atom. The lowest BCUT2D eigenvalue weighted by molar-refractivity contribution is -0.142. The van der Waals surface area contributed by atoms with Crippen LogP contribution in [0.3, 0.4) is 0 Å². The molecule has 1 aliphatic heterocycles. The lowest BCUT2D eigenvalue weighted by Crippen LogP contribution is -2.54. The van der Waals surface area contributed by atoms with Gasteiger partial charge in [0.1, 0.15) is 0 Å². The highest BCUT2D eigenvalue weighted by molar-refractivity contribution is 7.92. The maximum Gasteiger partial charge on any atom is 0.417 e. The largest absolute Gasteiger partial charge is 0.417 e. The number of carbonyl (C=O) groups is 2. The van der Waals surface area contributed by atoms with Crippen LogP contribution in [-0.4, -0.2) is 55.2 Å². The highest BCUT2D eigenvalue weighted by Gasteiger charge is 2.46. The molecule has 1 fully saturated rings. The minimum absolute atomic E-state index is 0.114. The van der Waals surface area contributed by atoms with Crippen LogP contribution >= 0.6 is 0 Å². The number of sulfonamides is 1. The van der Waals surface area contributed by atoms with Gasteiger partial charge in [-0.15, -0.1) is 0 Å². The van der Waals surface area contributed by atoms with Crippen LogP contribution in [0.4, 0.5) is 24.5 Å². The van der Waals surface area contributed by atoms with Gasteiger partial charge in [0.05, 0.1) is 29.1 Å². The molecule has 5 rings (SSSR count). The third-order valence-corrected chi connectivity index (χ3v) is 9.13. The minimum Gasteiger partial charge on any atom is -0.379 e. The van der Waals surface area contributed by atoms with Gasteiger partial charge in [-0.3, -0.25) is 14.3 Å². The van der Waals surface area contributed by atoms with E-state index in [1.54, 1.807) is 47.4 Å². The lowest BCUT2D eigenvalue weighted by atomic mass is 9.75. The fourth-order valence-corrected chi connectivity index (χ4v) is 6.67. The number of piperidine rings is 1. The van der Waals surface area contributed by atoms with Gasteiger partial charge in [0, 0.05) is 36.7 Å². The molecule has 4 aromatic rings. The lowest BCUT2D eigenvalue weighted by Gasteiger charge is -2.41. The Morgan fingerprint density at radius 2 is 1.55 bits per heavy atom. The number of nitrogens with zero attached hydrogens (tertiary/aromatic N) is 2. The van der Waals surface area contributed by atoms with Gasteiger partial charge in [-0.2, -0.15) is 18.4 Å². The Hall–Kier alpha value is -5.19. The second-order valence-corrected chi connectivity index (χ2v) is 13.7. The quantitative estimate of drug-likeness (QED) is 0.195. The zero-order valence-electron chi connectivity index (χ0n) is 26.4. The molecule has 2 amide bonds. The van der Waals surface area contributed by atoms with E-state index in [0.29, 0.717) is 17.2 Å². The van der Waals surface area contributed by atoms with Gasteiger partial charge in [-0.25, -0.2) is 8.42 Å². The Kier molecular flexibility index (Phi) is 10.1. The number of halogens is 3. The van der Waals surface area contributed by atoms with E-state index in [2.05, 4.69) is 10.0 Å². The van der Waals surface area contributed by atoms with E-state index in [0.717, 1.165) is 24.0 Å². The number of alkyl halides is 3. The van der Waals surface area contributed by atoms with Crippen molar-refractivity contribution in [1.29, 1.82) is 5.26 Å². The molecule has 3 N–H and O–H groups in total. The molecule has 13 heteroatoms. The van der Waals surface area contributed by atoms with Crippen molar-refractivity contribution in [2.45, 2.75) is 31.0 Å². The Bertz CT molecular complexity index is 1990. The maximum atomic E-state index is 14.1. The minimum atomic E-state index is -4.88. The number of hydrogen-bond donors (Lipinski definition) is 3. The molecule has 1 atom stereocenters. The number of benzene rings is 4. The number of nitriles is 1. The van der Waals surface area contributed by atoms with Crippen molar-refractivity contribution in [2.24, 2.45) is 5.92 Å². The molecule has 49 heavy (non-hydrogen) atoms. The highest BCUT2D eigenvalue weighted by atomic mass is 32.2. The Labute approximate surface area is 282 Å². The number of likely N-dealkylation sites (tertiary alicyclic amines) is 1. The van der Waals surface area contributed by atoms with Gasteiger partial charge in [-0.1, -0.05) is 54.6 Å². The smallest absolute Gasteiger partial charge is 0.379 e. The topological polar surface area (TPSA) is 140 Å². The molecule has 254 valence electrons. The first kappa shape index (κ1) is 35.1. The number of aliphatic hydroxyl groups is 1. The van der Waals surface area contributed by atoms with E-state index in [-0.39, 0.29) is 48.8 Å². The van der Waals surface area contributed by atoms with E-state index in [1.165, 1.54) is 12.1 Å². The van der Waals surface area contributed by atoms with E-state index in [9.17, 15) is 41.5 Å². The van der Waals surface area contributed by atoms with Gasteiger partial charge in [0.15, 0.2) is 5.60 Å². The van der Waals surface area contributed by atoms with Gasteiger partial charge in [0.25, 0.3) is 11.8 Å². The Balaban J connectivity index is 1.53. The van der Waals surface area contributed by atoms with Crippen LogP contribution in [0.15, 0.2) is 97.1 Å². The summed E-state index contributed by atoms with van der Waals surface area (Å²) in [5.41, 5.74) is -2.15. The van der Waals surface area contributed by atoms with E-state index in [4.69, 9.17) is 0 Å². The molecule has 0 spiro atoms. The summed E-state index contributed by atoms with van der Waals surface area (Å²) in [4.78, 5) is 28.9. The summed E-state index contributed by atoms with van der Waals surface area (Å²) in [7, 11) is -3.80. The molecule has 0 radical (unpaired) electrons. The summed E-state index contributed by atoms with van der Waals surface area (Å²) in [6.07, 6.45) is -4.02. The normalized spacial score (nSPS) is 15.1. The van der Waals surface area contributed by atoms with Crippen LogP contribution in [-0.2, 0) is 27.4 Å². The first-order valence-corrected chi connectivity index (χ1v) is 17.2. The highest BCUT2D eigenvalue weighted by Crippen LogP contribution is 2.38. The van der Waals surface area contributed by atoms with Crippen LogP contribution in [0.5, 0.6) is 0 Å². The third kappa shape index (κ3) is 8.28. The summed E-state index contributed by atoms with van der Waals surface area (Å²) in [6.45, 7) is 0.364. The maximum absolute atomic E-state index is 14.1. The van der Waals surface area contributed by atoms with Crippen molar-refractivity contribution in [2.75, 3.05) is 29.4 Å². The molecule has 0 bridgehead atoms. The van der Waals surface area contributed by atoms with E-state index < -0.39 is 51.2 Å². The molecule has 1 heterocycles. The van der Waals surface area contributed by atoms with Gasteiger partial charge in [0.2, 0.25) is 10.0 Å². The summed E-state index contributed by atoms with van der Waals surface area (Å²) < 4.78 is 68.3. The van der Waals surface area contributed by atoms with Crippen molar-refractivity contribution < 1.29 is 36.3 Å². The van der Waals surface area contributed by atoms with Gasteiger partial charge in [-0.05, 0) is 72.0 Å². The van der Waals surface area contributed by atoms with Crippen molar-refractivity contribution >= 4 is 33.2 Å². The van der Waals surface area contributed by atoms with Crippen molar-refractivity contribution in [1.82, 2.24) is 4.90 Å². The van der Waals surface area contributed by atoms with Crippen LogP contribution in [0.25, 0.3) is 11.1 Å². The van der Waals surface area contributed by atoms with Crippen molar-refractivity contribution in [3.05, 3.63) is 119 Å². The molecule has 9 nitrogen and oxygen atoms in total. The predicted octanol–water partition coefficient (Wildman–Crippen LogP) is 6.08. The van der Waals surface area contributed by atoms with Crippen LogP contribution in [0.2, 0.25) is 0 Å². The number of anilines is 2. The van der Waals surface area contributed by atoms with Crippen molar-refractivity contribution in [3.63, 3.8) is 0 Å². The fourth-order valence-electron chi connectivity index (χ4n) is 6.07. The van der Waals surface area contributed by atoms with Crippen molar-refractivity contribution in [3.8, 4) is 17.2 Å². The standard InChI is InChI=1S/C36H33F3N4O5S/c1-49(47,48)42-32-15-13-26(24-8-4-2-5-9-24)20-28(32)22-35(46,29-16-18-43(19-17-29)33(44)25-10-6-3-7-11-25)34(45)41-30-14-12-27(23-40)31(21-30)36(37,38)39/h2-15,20-21,29,42,46H,16-19,22H2,1H3,(H,41,45). The summed E-state index contributed by atoms with van der Waals surface area (Å²) in [5, 5.41) is 24.0. The number of nitrogens with one attached hydrogen (secondary N) is 2. The molecule has 1 unspecified atom stereocenters. The molecule has 0 aromatic heterocycles. The molecular formula is C36H33F3N4O5S. The molecular weight excluding hydrogens is 657 g/mol. The third-order valence-electron chi connectivity index (χ3n) is 8.54. The number of hydrogen-bond acceptors (Lipinski definition) is 6. The monoisotopic (exact) mass is 690 g/mol. The number of carbonyl (C=O) groups excluding carboxylic acids is 2. The zero-order valence-corrected chi connectivity index (χ0v) is 27.2. The Morgan fingerprint density at radius 3 is 2.14 bits per heavy atom. The molecule has 0 saturated carbocycles. The molecule has 1 saturated heterocycles. The average Bonchev–Trinajstić information content (AvgIpc) is 3.08. The molecule has 4 aromatic carbocycles. The molecule has 1 aliphatic rings. The second-order valence-electron chi connectivity index (χ2n) is 12.0. The first-order chi connectivity index (χ1) is 23.2. The van der Waals surface area contributed by atoms with Crippen LogP contribution in [0.1, 0.15) is 39.9 Å². The summed E-state index contributed by atoms with van der Waals surface area (Å²) >= 11 is 0. The summed E-state index contributed by atoms with van der Waals surface area (Å²) in [5.74, 6) is -2.03. The van der Waals surface area contributed by atoms with Crippen LogP contribution in [0, 0.1) is 17.2 Å². The van der Waals surface area contributed by atoms with Crippen LogP contribution < -0.4 is 10.0 Å². The van der Waals surface area contributed by atoms with Gasteiger partial charge < -0.3 is 15.3 Å². The predicted molar refractivity (Wildman–Crippen MR) is 179 cm³/mol. The number of rotatable bonds is 9. The van der Waals surface area contributed by atoms with E-state index in [1.807, 2.05) is 30.3 Å². The average molecular weight is 691 g/mol. The first-order valence-electron chi connectivity index (χ1n) is 15.3. The fraction of sp³-hybridized carbons (Fsp3) is 0.250. The van der Waals surface area contributed by atoms with Gasteiger partial charge >= 0.3 is 6.18 Å². The second kappa shape index (κ2) is 14.1. The number of amides is 2. The SMILES string of the molecule is CS(=O)(=O)Nc1ccc(-c2ccccc2)cc1CC(O)(C(=O)Nc1ccc(C#N)c(C(F)(F)F)c1)C1CCN(C(=O)c2ccccc2)CC1.